The number of amides is 1. The van der Waals surface area contributed by atoms with E-state index in [1.54, 1.807) is 12.1 Å². The largest absolute Gasteiger partial charge is 0.495 e. The summed E-state index contributed by atoms with van der Waals surface area (Å²) in [5.74, 6) is -0.349. The van der Waals surface area contributed by atoms with Gasteiger partial charge in [-0.1, -0.05) is 29.3 Å². The average Bonchev–Trinajstić information content (AvgIpc) is 3.48. The highest BCUT2D eigenvalue weighted by molar-refractivity contribution is 7.93. The molecule has 3 aromatic rings. The number of rotatable bonds is 10. The second kappa shape index (κ2) is 12.0. The molecular weight excluding hydrogens is 578 g/mol. The molecule has 13 heteroatoms. The van der Waals surface area contributed by atoms with Crippen LogP contribution in [0.4, 0.5) is 11.4 Å². The fourth-order valence-corrected chi connectivity index (χ4v) is 7.47. The van der Waals surface area contributed by atoms with Crippen LogP contribution in [0.1, 0.15) is 18.4 Å². The maximum Gasteiger partial charge on any atom is 0.264 e. The van der Waals surface area contributed by atoms with Crippen LogP contribution in [-0.4, -0.2) is 60.9 Å². The molecule has 0 unspecified atom stereocenters. The first-order valence-corrected chi connectivity index (χ1v) is 15.6. The number of methoxy groups -OCH3 is 2. The molecule has 1 aliphatic heterocycles. The van der Waals surface area contributed by atoms with Crippen molar-refractivity contribution in [1.82, 2.24) is 4.31 Å². The predicted molar refractivity (Wildman–Crippen MR) is 153 cm³/mol. The van der Waals surface area contributed by atoms with Gasteiger partial charge in [-0.3, -0.25) is 9.10 Å². The Hall–Kier alpha value is -3.32. The molecule has 0 bridgehead atoms. The number of ether oxygens (including phenoxy) is 2. The topological polar surface area (TPSA) is 122 Å². The van der Waals surface area contributed by atoms with Crippen molar-refractivity contribution in [2.75, 3.05) is 43.5 Å². The lowest BCUT2D eigenvalue weighted by molar-refractivity contribution is -0.114. The van der Waals surface area contributed by atoms with Crippen molar-refractivity contribution < 1.29 is 31.1 Å². The zero-order chi connectivity index (χ0) is 29.1. The number of nitrogens with one attached hydrogen (secondary N) is 1. The number of hydrogen-bond acceptors (Lipinski definition) is 7. The van der Waals surface area contributed by atoms with Crippen LogP contribution in [0.15, 0.2) is 70.5 Å². The van der Waals surface area contributed by atoms with E-state index in [1.165, 1.54) is 67.1 Å². The van der Waals surface area contributed by atoms with Crippen LogP contribution in [0.2, 0.25) is 5.02 Å². The Morgan fingerprint density at radius 2 is 1.50 bits per heavy atom. The monoisotopic (exact) mass is 607 g/mol. The van der Waals surface area contributed by atoms with Crippen LogP contribution in [0, 0.1) is 6.92 Å². The van der Waals surface area contributed by atoms with Gasteiger partial charge in [0.1, 0.15) is 18.0 Å². The lowest BCUT2D eigenvalue weighted by Gasteiger charge is -2.26. The molecule has 3 aromatic carbocycles. The van der Waals surface area contributed by atoms with Gasteiger partial charge in [0.25, 0.3) is 10.0 Å². The van der Waals surface area contributed by atoms with Crippen molar-refractivity contribution in [3.8, 4) is 11.5 Å². The van der Waals surface area contributed by atoms with Gasteiger partial charge in [0, 0.05) is 18.1 Å². The van der Waals surface area contributed by atoms with E-state index in [1.807, 2.05) is 6.92 Å². The van der Waals surface area contributed by atoms with Gasteiger partial charge in [0.15, 0.2) is 0 Å². The molecule has 0 aliphatic carbocycles. The summed E-state index contributed by atoms with van der Waals surface area (Å²) in [6, 6.07) is 14.8. The first kappa shape index (κ1) is 29.7. The third-order valence-corrected chi connectivity index (χ3v) is 10.4. The maximum atomic E-state index is 13.8. The van der Waals surface area contributed by atoms with E-state index >= 15 is 0 Å². The zero-order valence-corrected chi connectivity index (χ0v) is 24.6. The molecule has 1 N–H and O–H groups in total. The standard InChI is InChI=1S/C27H30ClN3O7S2/c1-19-6-9-21(10-7-19)40(35,36)31(24-16-20(28)8-12-26(24)38-3)18-27(32)29-23-17-22(11-13-25(23)37-2)39(33,34)30-14-4-5-15-30/h6-13,16-17H,4-5,14-15,18H2,1-3H3,(H,29,32). The molecule has 1 fully saturated rings. The van der Waals surface area contributed by atoms with Gasteiger partial charge < -0.3 is 14.8 Å². The Labute approximate surface area is 239 Å². The summed E-state index contributed by atoms with van der Waals surface area (Å²) in [7, 11) is -5.29. The van der Waals surface area contributed by atoms with Gasteiger partial charge in [0.05, 0.1) is 35.4 Å². The fourth-order valence-electron chi connectivity index (χ4n) is 4.34. The van der Waals surface area contributed by atoms with Gasteiger partial charge in [0.2, 0.25) is 15.9 Å². The second-order valence-corrected chi connectivity index (χ2v) is 13.4. The molecule has 214 valence electrons. The highest BCUT2D eigenvalue weighted by atomic mass is 35.5. The van der Waals surface area contributed by atoms with Crippen LogP contribution in [-0.2, 0) is 24.8 Å². The smallest absolute Gasteiger partial charge is 0.264 e. The van der Waals surface area contributed by atoms with Crippen molar-refractivity contribution in [2.45, 2.75) is 29.6 Å². The van der Waals surface area contributed by atoms with Crippen LogP contribution in [0.25, 0.3) is 0 Å². The number of carbonyl (C=O) groups is 1. The Bertz CT molecular complexity index is 1610. The Balaban J connectivity index is 1.71. The molecule has 0 aromatic heterocycles. The fraction of sp³-hybridized carbons (Fsp3) is 0.296. The number of benzene rings is 3. The molecule has 1 heterocycles. The molecule has 0 radical (unpaired) electrons. The first-order chi connectivity index (χ1) is 19.0. The van der Waals surface area contributed by atoms with Gasteiger partial charge >= 0.3 is 0 Å². The summed E-state index contributed by atoms with van der Waals surface area (Å²) >= 11 is 6.20. The summed E-state index contributed by atoms with van der Waals surface area (Å²) in [6.45, 7) is 2.00. The van der Waals surface area contributed by atoms with E-state index in [4.69, 9.17) is 21.1 Å². The van der Waals surface area contributed by atoms with Gasteiger partial charge in [-0.25, -0.2) is 16.8 Å². The highest BCUT2D eigenvalue weighted by Crippen LogP contribution is 2.35. The summed E-state index contributed by atoms with van der Waals surface area (Å²) in [5, 5.41) is 2.86. The van der Waals surface area contributed by atoms with Crippen molar-refractivity contribution in [2.24, 2.45) is 0 Å². The predicted octanol–water partition coefficient (Wildman–Crippen LogP) is 4.28. The molecule has 10 nitrogen and oxygen atoms in total. The zero-order valence-electron chi connectivity index (χ0n) is 22.3. The number of nitrogens with zero attached hydrogens (tertiary/aromatic N) is 2. The van der Waals surface area contributed by atoms with E-state index in [0.29, 0.717) is 13.1 Å². The van der Waals surface area contributed by atoms with E-state index in [2.05, 4.69) is 5.32 Å². The van der Waals surface area contributed by atoms with E-state index in [-0.39, 0.29) is 37.7 Å². The number of hydrogen-bond donors (Lipinski definition) is 1. The Morgan fingerprint density at radius 3 is 2.12 bits per heavy atom. The van der Waals surface area contributed by atoms with E-state index in [9.17, 15) is 21.6 Å². The van der Waals surface area contributed by atoms with Crippen LogP contribution >= 0.6 is 11.6 Å². The van der Waals surface area contributed by atoms with Gasteiger partial charge in [-0.15, -0.1) is 0 Å². The minimum Gasteiger partial charge on any atom is -0.495 e. The molecule has 1 saturated heterocycles. The summed E-state index contributed by atoms with van der Waals surface area (Å²) in [4.78, 5) is 13.3. The van der Waals surface area contributed by atoms with Crippen LogP contribution < -0.4 is 19.1 Å². The van der Waals surface area contributed by atoms with E-state index < -0.39 is 32.5 Å². The number of halogens is 1. The Kier molecular flexibility index (Phi) is 8.93. The third-order valence-electron chi connectivity index (χ3n) is 6.45. The summed E-state index contributed by atoms with van der Waals surface area (Å²) < 4.78 is 66.8. The average molecular weight is 608 g/mol. The molecule has 0 atom stereocenters. The van der Waals surface area contributed by atoms with Gasteiger partial charge in [-0.05, 0) is 68.3 Å². The summed E-state index contributed by atoms with van der Waals surface area (Å²) in [6.07, 6.45) is 1.55. The molecule has 1 aliphatic rings. The van der Waals surface area contributed by atoms with Crippen molar-refractivity contribution >= 4 is 48.9 Å². The highest BCUT2D eigenvalue weighted by Gasteiger charge is 2.31. The number of aryl methyl sites for hydroxylation is 1. The molecule has 4 rings (SSSR count). The number of carbonyl (C=O) groups excluding carboxylic acids is 1. The number of anilines is 2. The second-order valence-electron chi connectivity index (χ2n) is 9.16. The van der Waals surface area contributed by atoms with Crippen molar-refractivity contribution in [1.29, 1.82) is 0 Å². The molecular formula is C27H30ClN3O7S2. The maximum absolute atomic E-state index is 13.8. The minimum absolute atomic E-state index is 0.00820. The van der Waals surface area contributed by atoms with Crippen LogP contribution in [0.3, 0.4) is 0 Å². The first-order valence-electron chi connectivity index (χ1n) is 12.4. The van der Waals surface area contributed by atoms with Crippen LogP contribution in [0.5, 0.6) is 11.5 Å². The molecule has 1 amide bonds. The molecule has 0 saturated carbocycles. The minimum atomic E-state index is -4.27. The number of sulfonamides is 2. The van der Waals surface area contributed by atoms with E-state index in [0.717, 1.165) is 22.7 Å². The third kappa shape index (κ3) is 6.20. The SMILES string of the molecule is COc1ccc(S(=O)(=O)N2CCCC2)cc1NC(=O)CN(c1cc(Cl)ccc1OC)S(=O)(=O)c1ccc(C)cc1. The lowest BCUT2D eigenvalue weighted by atomic mass is 10.2. The van der Waals surface area contributed by atoms with Gasteiger partial charge in [-0.2, -0.15) is 4.31 Å². The van der Waals surface area contributed by atoms with Crippen molar-refractivity contribution in [3.63, 3.8) is 0 Å². The quantitative estimate of drug-likeness (QED) is 0.365. The normalized spacial score (nSPS) is 14.1. The molecule has 0 spiro atoms. The Morgan fingerprint density at radius 1 is 0.900 bits per heavy atom. The van der Waals surface area contributed by atoms with Crippen molar-refractivity contribution in [3.05, 3.63) is 71.2 Å². The summed E-state index contributed by atoms with van der Waals surface area (Å²) in [5.41, 5.74) is 1.00. The molecule has 40 heavy (non-hydrogen) atoms. The lowest BCUT2D eigenvalue weighted by Crippen LogP contribution is -2.38.